The van der Waals surface area contributed by atoms with Crippen molar-refractivity contribution in [2.24, 2.45) is 0 Å². The van der Waals surface area contributed by atoms with E-state index in [1.165, 1.54) is 11.8 Å². The van der Waals surface area contributed by atoms with Gasteiger partial charge in [-0.1, -0.05) is 72.4 Å². The molecule has 0 unspecified atom stereocenters. The molecule has 4 aromatic carbocycles. The average molecular weight is 425 g/mol. The van der Waals surface area contributed by atoms with E-state index in [1.807, 2.05) is 97.1 Å². The van der Waals surface area contributed by atoms with Crippen LogP contribution < -0.4 is 10.6 Å². The largest absolute Gasteiger partial charge is 0.322 e. The van der Waals surface area contributed by atoms with Crippen LogP contribution in [0.15, 0.2) is 119 Å². The number of carbonyl (C=O) groups excluding carboxylic acids is 2. The van der Waals surface area contributed by atoms with Gasteiger partial charge in [0.1, 0.15) is 0 Å². The standard InChI is InChI=1S/C26H20N2O2S/c29-25(27-19-11-3-1-4-12-19)21-15-7-9-17-23(21)31-24-18-10-8-16-22(24)26(30)28-20-13-5-2-6-14-20/h1-18H,(H,27,29)(H,28,30). The van der Waals surface area contributed by atoms with Crippen molar-refractivity contribution in [2.45, 2.75) is 9.79 Å². The topological polar surface area (TPSA) is 58.2 Å². The molecule has 0 saturated heterocycles. The third kappa shape index (κ3) is 5.21. The van der Waals surface area contributed by atoms with Crippen LogP contribution in [-0.4, -0.2) is 11.8 Å². The Morgan fingerprint density at radius 3 is 1.26 bits per heavy atom. The van der Waals surface area contributed by atoms with Crippen LogP contribution in [0.1, 0.15) is 20.7 Å². The predicted molar refractivity (Wildman–Crippen MR) is 126 cm³/mol. The zero-order valence-electron chi connectivity index (χ0n) is 16.6. The van der Waals surface area contributed by atoms with Gasteiger partial charge in [0.05, 0.1) is 11.1 Å². The van der Waals surface area contributed by atoms with Gasteiger partial charge in [0.15, 0.2) is 0 Å². The van der Waals surface area contributed by atoms with Gasteiger partial charge in [-0.3, -0.25) is 9.59 Å². The maximum Gasteiger partial charge on any atom is 0.256 e. The predicted octanol–water partition coefficient (Wildman–Crippen LogP) is 6.34. The van der Waals surface area contributed by atoms with Gasteiger partial charge < -0.3 is 10.6 Å². The first-order chi connectivity index (χ1) is 15.2. The lowest BCUT2D eigenvalue weighted by Crippen LogP contribution is -2.14. The number of benzene rings is 4. The van der Waals surface area contributed by atoms with E-state index in [0.29, 0.717) is 11.1 Å². The first-order valence-electron chi connectivity index (χ1n) is 9.79. The Hall–Kier alpha value is -3.83. The van der Waals surface area contributed by atoms with E-state index in [2.05, 4.69) is 10.6 Å². The fraction of sp³-hybridized carbons (Fsp3) is 0. The second-order valence-electron chi connectivity index (χ2n) is 6.73. The number of hydrogen-bond donors (Lipinski definition) is 2. The molecule has 0 aliphatic carbocycles. The molecule has 4 nitrogen and oxygen atoms in total. The van der Waals surface area contributed by atoms with Crippen molar-refractivity contribution in [3.05, 3.63) is 120 Å². The van der Waals surface area contributed by atoms with Crippen LogP contribution >= 0.6 is 11.8 Å². The van der Waals surface area contributed by atoms with Crippen molar-refractivity contribution in [3.8, 4) is 0 Å². The van der Waals surface area contributed by atoms with E-state index < -0.39 is 0 Å². The Kier molecular flexibility index (Phi) is 6.45. The smallest absolute Gasteiger partial charge is 0.256 e. The van der Waals surface area contributed by atoms with Crippen molar-refractivity contribution in [3.63, 3.8) is 0 Å². The van der Waals surface area contributed by atoms with Gasteiger partial charge in [-0.25, -0.2) is 0 Å². The van der Waals surface area contributed by atoms with E-state index in [9.17, 15) is 9.59 Å². The van der Waals surface area contributed by atoms with Crippen molar-refractivity contribution >= 4 is 35.0 Å². The summed E-state index contributed by atoms with van der Waals surface area (Å²) in [5, 5.41) is 5.85. The van der Waals surface area contributed by atoms with E-state index in [-0.39, 0.29) is 11.8 Å². The average Bonchev–Trinajstić information content (AvgIpc) is 2.81. The molecule has 0 fully saturated rings. The van der Waals surface area contributed by atoms with Crippen LogP contribution in [0.4, 0.5) is 11.4 Å². The van der Waals surface area contributed by atoms with Crippen molar-refractivity contribution in [1.82, 2.24) is 0 Å². The molecule has 0 atom stereocenters. The molecule has 5 heteroatoms. The lowest BCUT2D eigenvalue weighted by molar-refractivity contribution is 0.101. The summed E-state index contributed by atoms with van der Waals surface area (Å²) in [5.74, 6) is -0.388. The zero-order valence-corrected chi connectivity index (χ0v) is 17.4. The van der Waals surface area contributed by atoms with Gasteiger partial charge in [0.25, 0.3) is 11.8 Å². The summed E-state index contributed by atoms with van der Waals surface area (Å²) in [5.41, 5.74) is 2.56. The lowest BCUT2D eigenvalue weighted by atomic mass is 10.2. The number of nitrogens with one attached hydrogen (secondary N) is 2. The highest BCUT2D eigenvalue weighted by Gasteiger charge is 2.16. The normalized spacial score (nSPS) is 10.3. The number of para-hydroxylation sites is 2. The molecule has 0 heterocycles. The quantitative estimate of drug-likeness (QED) is 0.380. The lowest BCUT2D eigenvalue weighted by Gasteiger charge is -2.13. The van der Waals surface area contributed by atoms with E-state index >= 15 is 0 Å². The molecule has 2 amide bonds. The van der Waals surface area contributed by atoms with Crippen molar-refractivity contribution in [2.75, 3.05) is 10.6 Å². The SMILES string of the molecule is O=C(Nc1ccccc1)c1ccccc1Sc1ccccc1C(=O)Nc1ccccc1. The molecule has 0 aromatic heterocycles. The molecule has 2 N–H and O–H groups in total. The van der Waals surface area contributed by atoms with Crippen molar-refractivity contribution < 1.29 is 9.59 Å². The van der Waals surface area contributed by atoms with Crippen LogP contribution in [0, 0.1) is 0 Å². The number of anilines is 2. The summed E-state index contributed by atoms with van der Waals surface area (Å²) in [6.07, 6.45) is 0. The Balaban J connectivity index is 1.58. The molecule has 0 aliphatic rings. The number of hydrogen-bond acceptors (Lipinski definition) is 3. The van der Waals surface area contributed by atoms with Gasteiger partial charge in [-0.05, 0) is 48.5 Å². The van der Waals surface area contributed by atoms with Crippen LogP contribution in [-0.2, 0) is 0 Å². The van der Waals surface area contributed by atoms with Gasteiger partial charge in [-0.15, -0.1) is 0 Å². The Morgan fingerprint density at radius 2 is 0.839 bits per heavy atom. The number of carbonyl (C=O) groups is 2. The van der Waals surface area contributed by atoms with Gasteiger partial charge in [0.2, 0.25) is 0 Å². The number of rotatable bonds is 6. The molecule has 0 aliphatic heterocycles. The minimum Gasteiger partial charge on any atom is -0.322 e. The van der Waals surface area contributed by atoms with Gasteiger partial charge >= 0.3 is 0 Å². The highest BCUT2D eigenvalue weighted by Crippen LogP contribution is 2.33. The van der Waals surface area contributed by atoms with E-state index in [4.69, 9.17) is 0 Å². The Morgan fingerprint density at radius 1 is 0.484 bits per heavy atom. The summed E-state index contributed by atoms with van der Waals surface area (Å²) < 4.78 is 0. The first-order valence-corrected chi connectivity index (χ1v) is 10.6. The summed E-state index contributed by atoms with van der Waals surface area (Å²) in [4.78, 5) is 27.3. The summed E-state index contributed by atoms with van der Waals surface area (Å²) in [7, 11) is 0. The molecule has 4 rings (SSSR count). The molecular formula is C26H20N2O2S. The molecule has 4 aromatic rings. The molecular weight excluding hydrogens is 404 g/mol. The van der Waals surface area contributed by atoms with Crippen LogP contribution in [0.5, 0.6) is 0 Å². The summed E-state index contributed by atoms with van der Waals surface area (Å²) >= 11 is 1.40. The summed E-state index contributed by atoms with van der Waals surface area (Å²) in [6.45, 7) is 0. The maximum atomic E-state index is 12.9. The Labute approximate surface area is 185 Å². The summed E-state index contributed by atoms with van der Waals surface area (Å²) in [6, 6.07) is 33.4. The monoisotopic (exact) mass is 424 g/mol. The number of amides is 2. The maximum absolute atomic E-state index is 12.9. The van der Waals surface area contributed by atoms with E-state index in [1.54, 1.807) is 12.1 Å². The highest BCUT2D eigenvalue weighted by atomic mass is 32.2. The second kappa shape index (κ2) is 9.78. The molecule has 152 valence electrons. The van der Waals surface area contributed by atoms with Crippen molar-refractivity contribution in [1.29, 1.82) is 0 Å². The minimum absolute atomic E-state index is 0.194. The van der Waals surface area contributed by atoms with Crippen LogP contribution in [0.25, 0.3) is 0 Å². The molecule has 0 radical (unpaired) electrons. The molecule has 0 bridgehead atoms. The fourth-order valence-electron chi connectivity index (χ4n) is 3.04. The van der Waals surface area contributed by atoms with Crippen LogP contribution in [0.3, 0.4) is 0 Å². The Bertz CT molecular complexity index is 1100. The second-order valence-corrected chi connectivity index (χ2v) is 7.82. The van der Waals surface area contributed by atoms with Gasteiger partial charge in [0, 0.05) is 21.2 Å². The zero-order chi connectivity index (χ0) is 21.5. The van der Waals surface area contributed by atoms with Crippen LogP contribution in [0.2, 0.25) is 0 Å². The third-order valence-corrected chi connectivity index (χ3v) is 5.70. The minimum atomic E-state index is -0.194. The molecule has 0 saturated carbocycles. The first kappa shape index (κ1) is 20.4. The molecule has 0 spiro atoms. The van der Waals surface area contributed by atoms with E-state index in [0.717, 1.165) is 21.2 Å². The fourth-order valence-corrected chi connectivity index (χ4v) is 4.12. The highest BCUT2D eigenvalue weighted by molar-refractivity contribution is 7.99. The van der Waals surface area contributed by atoms with Gasteiger partial charge in [-0.2, -0.15) is 0 Å². The molecule has 31 heavy (non-hydrogen) atoms. The third-order valence-electron chi connectivity index (χ3n) is 4.55.